The molecule has 0 bridgehead atoms. The van der Waals surface area contributed by atoms with Gasteiger partial charge in [0.2, 0.25) is 0 Å². The molecule has 0 radical (unpaired) electrons. The Labute approximate surface area is 174 Å². The second kappa shape index (κ2) is 11.4. The molecule has 3 heterocycles. The molecule has 0 aromatic carbocycles. The van der Waals surface area contributed by atoms with Gasteiger partial charge in [-0.25, -0.2) is 0 Å². The lowest BCUT2D eigenvalue weighted by molar-refractivity contribution is -0.108. The van der Waals surface area contributed by atoms with Crippen molar-refractivity contribution in [3.63, 3.8) is 0 Å². The summed E-state index contributed by atoms with van der Waals surface area (Å²) >= 11 is 0. The van der Waals surface area contributed by atoms with Gasteiger partial charge < -0.3 is 33.2 Å². The van der Waals surface area contributed by atoms with Crippen molar-refractivity contribution in [3.05, 3.63) is 0 Å². The van der Waals surface area contributed by atoms with Gasteiger partial charge in [-0.2, -0.15) is 0 Å². The van der Waals surface area contributed by atoms with E-state index in [2.05, 4.69) is 0 Å². The minimum Gasteiger partial charge on any atom is -0.381 e. The van der Waals surface area contributed by atoms with Crippen LogP contribution in [-0.2, 0) is 33.2 Å². The van der Waals surface area contributed by atoms with Crippen molar-refractivity contribution < 1.29 is 33.2 Å². The van der Waals surface area contributed by atoms with Gasteiger partial charge in [0.25, 0.3) is 0 Å². The van der Waals surface area contributed by atoms with Gasteiger partial charge in [0, 0.05) is 26.4 Å². The first kappa shape index (κ1) is 21.9. The molecular formula is C22H38O7. The van der Waals surface area contributed by atoms with E-state index in [1.807, 2.05) is 0 Å². The average molecular weight is 415 g/mol. The summed E-state index contributed by atoms with van der Waals surface area (Å²) in [4.78, 5) is 0. The number of ether oxygens (including phenoxy) is 7. The highest BCUT2D eigenvalue weighted by Crippen LogP contribution is 2.32. The quantitative estimate of drug-likeness (QED) is 0.223. The van der Waals surface area contributed by atoms with Gasteiger partial charge >= 0.3 is 0 Å². The van der Waals surface area contributed by atoms with E-state index in [1.165, 1.54) is 12.8 Å². The van der Waals surface area contributed by atoms with Gasteiger partial charge in [-0.15, -0.1) is 0 Å². The zero-order valence-corrected chi connectivity index (χ0v) is 17.7. The summed E-state index contributed by atoms with van der Waals surface area (Å²) in [5.74, 6) is 0.878. The maximum absolute atomic E-state index is 6.11. The molecular weight excluding hydrogens is 376 g/mol. The number of rotatable bonds is 20. The predicted octanol–water partition coefficient (Wildman–Crippen LogP) is 2.21. The first-order valence-corrected chi connectivity index (χ1v) is 11.5. The molecule has 29 heavy (non-hydrogen) atoms. The van der Waals surface area contributed by atoms with Crippen LogP contribution in [0.15, 0.2) is 0 Å². The lowest BCUT2D eigenvalue weighted by Gasteiger charge is -2.33. The summed E-state index contributed by atoms with van der Waals surface area (Å²) in [6, 6.07) is 0. The van der Waals surface area contributed by atoms with Crippen molar-refractivity contribution in [1.82, 2.24) is 0 Å². The van der Waals surface area contributed by atoms with Gasteiger partial charge in [0.1, 0.15) is 0 Å². The molecule has 1 aliphatic carbocycles. The SMILES string of the molecule is C(CC1CC1)OCC(COCCC1CO1)(COCCC1CO1)COCCC1CO1. The van der Waals surface area contributed by atoms with E-state index in [0.717, 1.165) is 58.0 Å². The predicted molar refractivity (Wildman–Crippen MR) is 106 cm³/mol. The highest BCUT2D eigenvalue weighted by atomic mass is 16.6. The Hall–Kier alpha value is -0.280. The van der Waals surface area contributed by atoms with Crippen LogP contribution in [0.3, 0.4) is 0 Å². The van der Waals surface area contributed by atoms with E-state index in [9.17, 15) is 0 Å². The van der Waals surface area contributed by atoms with Crippen LogP contribution in [0.5, 0.6) is 0 Å². The minimum atomic E-state index is -0.275. The van der Waals surface area contributed by atoms with Gasteiger partial charge in [0.05, 0.1) is 70.0 Å². The van der Waals surface area contributed by atoms with Crippen molar-refractivity contribution in [2.24, 2.45) is 11.3 Å². The molecule has 4 fully saturated rings. The standard InChI is InChI=1S/C22H38O7/c1-2-18(1)3-7-23-14-22(15-24-8-4-19-11-27-19,16-25-9-5-20-12-28-20)17-26-10-6-21-13-29-21/h18-21H,1-17H2. The van der Waals surface area contributed by atoms with Crippen molar-refractivity contribution in [1.29, 1.82) is 0 Å². The van der Waals surface area contributed by atoms with Crippen molar-refractivity contribution in [2.45, 2.75) is 56.8 Å². The highest BCUT2D eigenvalue weighted by molar-refractivity contribution is 4.81. The fraction of sp³-hybridized carbons (Fsp3) is 1.00. The number of hydrogen-bond acceptors (Lipinski definition) is 7. The van der Waals surface area contributed by atoms with E-state index in [1.54, 1.807) is 0 Å². The molecule has 3 unspecified atom stereocenters. The maximum Gasteiger partial charge on any atom is 0.0831 e. The molecule has 7 heteroatoms. The Balaban J connectivity index is 1.22. The first-order chi connectivity index (χ1) is 14.3. The summed E-state index contributed by atoms with van der Waals surface area (Å²) in [5, 5.41) is 0. The molecule has 3 saturated heterocycles. The smallest absolute Gasteiger partial charge is 0.0831 e. The summed E-state index contributed by atoms with van der Waals surface area (Å²) in [6.45, 7) is 7.93. The Morgan fingerprint density at radius 1 is 0.552 bits per heavy atom. The topological polar surface area (TPSA) is 74.5 Å². The highest BCUT2D eigenvalue weighted by Gasteiger charge is 2.34. The second-order valence-electron chi connectivity index (χ2n) is 9.17. The van der Waals surface area contributed by atoms with Crippen LogP contribution in [0.1, 0.15) is 38.5 Å². The molecule has 0 amide bonds. The van der Waals surface area contributed by atoms with E-state index in [-0.39, 0.29) is 5.41 Å². The van der Waals surface area contributed by atoms with Gasteiger partial charge in [0.15, 0.2) is 0 Å². The van der Waals surface area contributed by atoms with Crippen LogP contribution in [0.4, 0.5) is 0 Å². The third-order valence-corrected chi connectivity index (χ3v) is 5.96. The van der Waals surface area contributed by atoms with Crippen LogP contribution in [0.2, 0.25) is 0 Å². The zero-order valence-electron chi connectivity index (χ0n) is 17.7. The van der Waals surface area contributed by atoms with E-state index in [4.69, 9.17) is 33.2 Å². The zero-order chi connectivity index (χ0) is 19.8. The lowest BCUT2D eigenvalue weighted by atomic mass is 9.92. The van der Waals surface area contributed by atoms with E-state index < -0.39 is 0 Å². The first-order valence-electron chi connectivity index (χ1n) is 11.5. The van der Waals surface area contributed by atoms with Crippen LogP contribution in [0, 0.1) is 11.3 Å². The molecule has 1 saturated carbocycles. The molecule has 0 N–H and O–H groups in total. The molecule has 3 atom stereocenters. The number of epoxide rings is 3. The molecule has 0 aromatic rings. The average Bonchev–Trinajstić information content (AvgIpc) is 3.57. The Morgan fingerprint density at radius 2 is 0.897 bits per heavy atom. The summed E-state index contributed by atoms with van der Waals surface area (Å²) in [5.41, 5.74) is -0.275. The number of hydrogen-bond donors (Lipinski definition) is 0. The summed E-state index contributed by atoms with van der Waals surface area (Å²) < 4.78 is 40.1. The third-order valence-electron chi connectivity index (χ3n) is 5.96. The molecule has 3 aliphatic heterocycles. The van der Waals surface area contributed by atoms with Gasteiger partial charge in [-0.3, -0.25) is 0 Å². The maximum atomic E-state index is 6.11. The summed E-state index contributed by atoms with van der Waals surface area (Å²) in [7, 11) is 0. The third kappa shape index (κ3) is 9.59. The van der Waals surface area contributed by atoms with E-state index >= 15 is 0 Å². The molecule has 0 spiro atoms. The van der Waals surface area contributed by atoms with Gasteiger partial charge in [-0.05, 0) is 31.6 Å². The monoisotopic (exact) mass is 414 g/mol. The van der Waals surface area contributed by atoms with Crippen molar-refractivity contribution in [3.8, 4) is 0 Å². The Kier molecular flexibility index (Phi) is 8.60. The Morgan fingerprint density at radius 3 is 1.21 bits per heavy atom. The molecule has 0 aromatic heterocycles. The fourth-order valence-corrected chi connectivity index (χ4v) is 3.41. The molecule has 4 aliphatic rings. The molecule has 7 nitrogen and oxygen atoms in total. The lowest BCUT2D eigenvalue weighted by Crippen LogP contribution is -2.42. The fourth-order valence-electron chi connectivity index (χ4n) is 3.41. The van der Waals surface area contributed by atoms with Crippen LogP contribution >= 0.6 is 0 Å². The van der Waals surface area contributed by atoms with Crippen molar-refractivity contribution >= 4 is 0 Å². The van der Waals surface area contributed by atoms with Crippen molar-refractivity contribution in [2.75, 3.05) is 72.7 Å². The summed E-state index contributed by atoms with van der Waals surface area (Å²) in [6.07, 6.45) is 7.93. The van der Waals surface area contributed by atoms with E-state index in [0.29, 0.717) is 64.6 Å². The van der Waals surface area contributed by atoms with Crippen LogP contribution in [0.25, 0.3) is 0 Å². The normalized spacial score (nSPS) is 29.6. The second-order valence-corrected chi connectivity index (χ2v) is 9.17. The van der Waals surface area contributed by atoms with Gasteiger partial charge in [-0.1, -0.05) is 12.8 Å². The largest absolute Gasteiger partial charge is 0.381 e. The van der Waals surface area contributed by atoms with Crippen LogP contribution < -0.4 is 0 Å². The Bertz CT molecular complexity index is 373. The van der Waals surface area contributed by atoms with Crippen LogP contribution in [-0.4, -0.2) is 91.0 Å². The minimum absolute atomic E-state index is 0.275. The molecule has 4 rings (SSSR count). The molecule has 168 valence electrons.